The van der Waals surface area contributed by atoms with Crippen LogP contribution in [0.15, 0.2) is 17.7 Å². The van der Waals surface area contributed by atoms with Gasteiger partial charge in [0.1, 0.15) is 0 Å². The Morgan fingerprint density at radius 2 is 2.23 bits per heavy atom. The van der Waals surface area contributed by atoms with Crippen molar-refractivity contribution in [3.05, 3.63) is 23.9 Å². The molecule has 1 nitrogen and oxygen atoms in total. The molecule has 0 amide bonds. The summed E-state index contributed by atoms with van der Waals surface area (Å²) in [7, 11) is 0. The number of hydrogen-bond donors (Lipinski definition) is 1. The van der Waals surface area contributed by atoms with Crippen molar-refractivity contribution >= 4 is 0 Å². The van der Waals surface area contributed by atoms with Gasteiger partial charge in [0.2, 0.25) is 0 Å². The van der Waals surface area contributed by atoms with Gasteiger partial charge >= 0.3 is 6.20 Å². The lowest BCUT2D eigenvalue weighted by atomic mass is 9.92. The molecule has 0 saturated carbocycles. The number of hydrogen-bond acceptors (Lipinski definition) is 1. The summed E-state index contributed by atoms with van der Waals surface area (Å²) in [5.41, 5.74) is 3.14. The standard InChI is InChI=1S/C12H20N/c1-5-13-8-12-7-11(9(2)3)6-10(12)4/h9,11,13H,1,6-8H2,2-4H3/q+1/t11-/m1/s1. The summed E-state index contributed by atoms with van der Waals surface area (Å²) < 4.78 is 0. The number of rotatable bonds is 4. The van der Waals surface area contributed by atoms with Gasteiger partial charge in [0, 0.05) is 0 Å². The molecule has 0 fully saturated rings. The van der Waals surface area contributed by atoms with Crippen molar-refractivity contribution in [1.29, 1.82) is 0 Å². The average molecular weight is 178 g/mol. The second kappa shape index (κ2) is 4.43. The van der Waals surface area contributed by atoms with Crippen LogP contribution in [0.2, 0.25) is 0 Å². The summed E-state index contributed by atoms with van der Waals surface area (Å²) in [6.45, 7) is 11.4. The van der Waals surface area contributed by atoms with Gasteiger partial charge in [0.15, 0.2) is 6.58 Å². The highest BCUT2D eigenvalue weighted by Crippen LogP contribution is 2.35. The van der Waals surface area contributed by atoms with Crippen molar-refractivity contribution in [2.24, 2.45) is 11.8 Å². The first kappa shape index (κ1) is 10.3. The van der Waals surface area contributed by atoms with Crippen LogP contribution in [0.4, 0.5) is 0 Å². The highest BCUT2D eigenvalue weighted by atomic mass is 14.8. The van der Waals surface area contributed by atoms with Crippen LogP contribution < -0.4 is 5.32 Å². The molecule has 1 rings (SSSR count). The Morgan fingerprint density at radius 1 is 1.54 bits per heavy atom. The van der Waals surface area contributed by atoms with E-state index in [0.29, 0.717) is 0 Å². The second-order valence-corrected chi connectivity index (χ2v) is 4.33. The second-order valence-electron chi connectivity index (χ2n) is 4.33. The van der Waals surface area contributed by atoms with Crippen LogP contribution in [-0.4, -0.2) is 6.54 Å². The van der Waals surface area contributed by atoms with Gasteiger partial charge in [0.25, 0.3) is 0 Å². The van der Waals surface area contributed by atoms with Crippen LogP contribution >= 0.6 is 0 Å². The molecule has 72 valence electrons. The van der Waals surface area contributed by atoms with Crippen LogP contribution in [0.5, 0.6) is 0 Å². The van der Waals surface area contributed by atoms with Crippen molar-refractivity contribution in [3.8, 4) is 0 Å². The van der Waals surface area contributed by atoms with E-state index in [9.17, 15) is 0 Å². The molecule has 1 aliphatic rings. The Balaban J connectivity index is 2.47. The lowest BCUT2D eigenvalue weighted by Gasteiger charge is -2.13. The fourth-order valence-electron chi connectivity index (χ4n) is 1.96. The van der Waals surface area contributed by atoms with Gasteiger partial charge in [-0.25, -0.2) is 0 Å². The molecule has 1 N–H and O–H groups in total. The van der Waals surface area contributed by atoms with E-state index in [1.54, 1.807) is 11.1 Å². The zero-order valence-corrected chi connectivity index (χ0v) is 8.98. The van der Waals surface area contributed by atoms with Crippen molar-refractivity contribution in [2.75, 3.05) is 6.54 Å². The van der Waals surface area contributed by atoms with Gasteiger partial charge in [-0.05, 0) is 37.2 Å². The monoisotopic (exact) mass is 178 g/mol. The molecular weight excluding hydrogens is 158 g/mol. The molecule has 0 radical (unpaired) electrons. The maximum atomic E-state index is 3.54. The summed E-state index contributed by atoms with van der Waals surface area (Å²) in [5.74, 6) is 1.67. The molecule has 0 saturated heterocycles. The van der Waals surface area contributed by atoms with Gasteiger partial charge in [-0.3, -0.25) is 0 Å². The zero-order chi connectivity index (χ0) is 9.84. The highest BCUT2D eigenvalue weighted by molar-refractivity contribution is 5.21. The summed E-state index contributed by atoms with van der Waals surface area (Å²) in [4.78, 5) is 0. The Labute approximate surface area is 81.9 Å². The van der Waals surface area contributed by atoms with Gasteiger partial charge in [-0.15, -0.1) is 0 Å². The summed E-state index contributed by atoms with van der Waals surface area (Å²) in [6, 6.07) is 0. The highest BCUT2D eigenvalue weighted by Gasteiger charge is 2.23. The third-order valence-corrected chi connectivity index (χ3v) is 3.05. The van der Waals surface area contributed by atoms with Crippen molar-refractivity contribution in [1.82, 2.24) is 5.32 Å². The maximum Gasteiger partial charge on any atom is 0.359 e. The maximum absolute atomic E-state index is 3.54. The first-order chi connectivity index (χ1) is 6.15. The van der Waals surface area contributed by atoms with Gasteiger partial charge < -0.3 is 0 Å². The minimum atomic E-state index is 0.806. The van der Waals surface area contributed by atoms with E-state index in [0.717, 1.165) is 18.4 Å². The summed E-state index contributed by atoms with van der Waals surface area (Å²) >= 11 is 0. The molecule has 0 spiro atoms. The van der Waals surface area contributed by atoms with Crippen molar-refractivity contribution in [2.45, 2.75) is 33.6 Å². The summed E-state index contributed by atoms with van der Waals surface area (Å²) in [5, 5.41) is 3.06. The minimum absolute atomic E-state index is 0.806. The molecule has 1 heteroatoms. The third-order valence-electron chi connectivity index (χ3n) is 3.05. The van der Waals surface area contributed by atoms with Crippen molar-refractivity contribution in [3.63, 3.8) is 0 Å². The quantitative estimate of drug-likeness (QED) is 0.396. The lowest BCUT2D eigenvalue weighted by molar-refractivity contribution is 0.400. The Kier molecular flexibility index (Phi) is 3.50. The molecule has 0 unspecified atom stereocenters. The third kappa shape index (κ3) is 2.57. The molecule has 1 aliphatic carbocycles. The number of allylic oxidation sites excluding steroid dienone is 1. The smallest absolute Gasteiger partial charge is 0.182 e. The van der Waals surface area contributed by atoms with E-state index in [1.807, 2.05) is 0 Å². The first-order valence-electron chi connectivity index (χ1n) is 5.07. The van der Waals surface area contributed by atoms with Gasteiger partial charge in [-0.1, -0.05) is 19.4 Å². The minimum Gasteiger partial charge on any atom is -0.182 e. The normalized spacial score (nSPS) is 22.3. The molecular formula is C12H20N+. The molecule has 0 aliphatic heterocycles. The van der Waals surface area contributed by atoms with Crippen LogP contribution in [-0.2, 0) is 0 Å². The lowest BCUT2D eigenvalue weighted by Crippen LogP contribution is -2.11. The molecule has 0 aromatic heterocycles. The molecule has 0 bridgehead atoms. The van der Waals surface area contributed by atoms with E-state index in [4.69, 9.17) is 0 Å². The number of nitrogens with one attached hydrogen (secondary N) is 1. The average Bonchev–Trinajstić information content (AvgIpc) is 2.44. The van der Waals surface area contributed by atoms with E-state index in [-0.39, 0.29) is 0 Å². The van der Waals surface area contributed by atoms with E-state index in [1.165, 1.54) is 12.8 Å². The first-order valence-corrected chi connectivity index (χ1v) is 5.07. The molecule has 0 heterocycles. The Hall–Kier alpha value is -0.810. The molecule has 1 atom stereocenters. The van der Waals surface area contributed by atoms with Gasteiger partial charge in [-0.2, -0.15) is 5.32 Å². The Bertz CT molecular complexity index is 213. The largest absolute Gasteiger partial charge is 0.359 e. The topological polar surface area (TPSA) is 12.0 Å². The van der Waals surface area contributed by atoms with Crippen LogP contribution in [0.3, 0.4) is 0 Å². The molecule has 0 aromatic carbocycles. The fourth-order valence-corrected chi connectivity index (χ4v) is 1.96. The van der Waals surface area contributed by atoms with Gasteiger partial charge in [0.05, 0.1) is 6.54 Å². The van der Waals surface area contributed by atoms with Crippen LogP contribution in [0.1, 0.15) is 33.6 Å². The Morgan fingerprint density at radius 3 is 2.69 bits per heavy atom. The van der Waals surface area contributed by atoms with E-state index >= 15 is 0 Å². The fraction of sp³-hybridized carbons (Fsp3) is 0.667. The predicted octanol–water partition coefficient (Wildman–Crippen LogP) is 2.91. The van der Waals surface area contributed by atoms with Crippen molar-refractivity contribution < 1.29 is 0 Å². The SMILES string of the molecule is C=[C+]NCC1=C(C)C[C@@H](C(C)C)C1. The van der Waals surface area contributed by atoms with Crippen LogP contribution in [0.25, 0.3) is 0 Å². The summed E-state index contributed by atoms with van der Waals surface area (Å²) in [6.07, 6.45) is 5.27. The molecule has 0 aromatic rings. The van der Waals surface area contributed by atoms with E-state index in [2.05, 4.69) is 38.9 Å². The zero-order valence-electron chi connectivity index (χ0n) is 8.98. The van der Waals surface area contributed by atoms with E-state index < -0.39 is 0 Å². The van der Waals surface area contributed by atoms with Crippen LogP contribution in [0, 0.1) is 18.0 Å². The molecule has 13 heavy (non-hydrogen) atoms. The predicted molar refractivity (Wildman–Crippen MR) is 57.1 cm³/mol.